The molecule has 6 nitrogen and oxygen atoms in total. The van der Waals surface area contributed by atoms with Crippen LogP contribution < -0.4 is 10.6 Å². The lowest BCUT2D eigenvalue weighted by molar-refractivity contribution is 0.123. The van der Waals surface area contributed by atoms with Crippen LogP contribution in [-0.2, 0) is 9.47 Å². The minimum atomic E-state index is -1.60. The topological polar surface area (TPSA) is 79.8 Å². The Hall–Kier alpha value is 0.0200. The predicted molar refractivity (Wildman–Crippen MR) is 70.4 cm³/mol. The molecule has 0 spiro atoms. The van der Waals surface area contributed by atoms with Crippen LogP contribution in [0.25, 0.3) is 0 Å². The summed E-state index contributed by atoms with van der Waals surface area (Å²) < 4.78 is 8.20. The Kier molecular flexibility index (Phi) is 10.9. The molecule has 0 saturated carbocycles. The van der Waals surface area contributed by atoms with Crippen molar-refractivity contribution >= 4 is 40.9 Å². The van der Waals surface area contributed by atoms with Gasteiger partial charge in [-0.1, -0.05) is 34.8 Å². The van der Waals surface area contributed by atoms with E-state index in [4.69, 9.17) is 44.6 Å². The minimum absolute atomic E-state index is 0.0939. The summed E-state index contributed by atoms with van der Waals surface area (Å²) in [7, 11) is 0. The van der Waals surface area contributed by atoms with E-state index in [9.17, 15) is 4.79 Å². The van der Waals surface area contributed by atoms with Crippen molar-refractivity contribution in [2.45, 2.75) is 3.79 Å². The van der Waals surface area contributed by atoms with Crippen molar-refractivity contribution in [3.05, 3.63) is 0 Å². The van der Waals surface area contributed by atoms with Gasteiger partial charge in [-0.3, -0.25) is 0 Å². The summed E-state index contributed by atoms with van der Waals surface area (Å²) in [6, 6.07) is 0. The van der Waals surface area contributed by atoms with Gasteiger partial charge in [0.2, 0.25) is 3.79 Å². The molecule has 9 heteroatoms. The van der Waals surface area contributed by atoms with Gasteiger partial charge in [0.25, 0.3) is 0 Å². The van der Waals surface area contributed by atoms with Gasteiger partial charge in [0.05, 0.1) is 19.8 Å². The molecule has 0 aromatic carbocycles. The first-order chi connectivity index (χ1) is 8.45. The summed E-state index contributed by atoms with van der Waals surface area (Å²) in [5, 5.41) is 13.9. The van der Waals surface area contributed by atoms with Crippen molar-refractivity contribution in [1.82, 2.24) is 10.6 Å². The molecule has 0 bridgehead atoms. The van der Waals surface area contributed by atoms with Crippen molar-refractivity contribution in [3.63, 3.8) is 0 Å². The zero-order valence-electron chi connectivity index (χ0n) is 9.76. The molecule has 0 saturated heterocycles. The molecule has 0 radical (unpaired) electrons. The molecule has 0 rings (SSSR count). The molecule has 0 aliphatic heterocycles. The molecule has 18 heavy (non-hydrogen) atoms. The largest absolute Gasteiger partial charge is 0.445 e. The van der Waals surface area contributed by atoms with Crippen LogP contribution in [0.1, 0.15) is 0 Å². The maximum absolute atomic E-state index is 11.1. The minimum Gasteiger partial charge on any atom is -0.445 e. The number of nitrogens with one attached hydrogen (secondary N) is 2. The van der Waals surface area contributed by atoms with Crippen LogP contribution in [0, 0.1) is 0 Å². The first-order valence-corrected chi connectivity index (χ1v) is 6.46. The molecule has 1 amide bonds. The van der Waals surface area contributed by atoms with E-state index in [2.05, 4.69) is 15.4 Å². The summed E-state index contributed by atoms with van der Waals surface area (Å²) >= 11 is 16.2. The molecule has 0 aromatic heterocycles. The molecule has 0 unspecified atom stereocenters. The molecular weight excluding hydrogens is 306 g/mol. The number of alkyl carbamates (subject to hydrolysis) is 1. The fourth-order valence-electron chi connectivity index (χ4n) is 0.874. The number of carbonyl (C=O) groups is 1. The average molecular weight is 324 g/mol. The molecule has 3 N–H and O–H groups in total. The molecular formula is C9H17Cl3N2O4. The van der Waals surface area contributed by atoms with Crippen molar-refractivity contribution in [3.8, 4) is 0 Å². The maximum atomic E-state index is 11.1. The quantitative estimate of drug-likeness (QED) is 0.429. The first kappa shape index (κ1) is 18.0. The average Bonchev–Trinajstić information content (AvgIpc) is 2.29. The van der Waals surface area contributed by atoms with E-state index in [0.717, 1.165) is 0 Å². The highest BCUT2D eigenvalue weighted by atomic mass is 35.6. The molecule has 0 aromatic rings. The summed E-state index contributed by atoms with van der Waals surface area (Å²) in [5.74, 6) is 0. The summed E-state index contributed by atoms with van der Waals surface area (Å²) in [6.07, 6.45) is -0.664. The van der Waals surface area contributed by atoms with Gasteiger partial charge in [0.15, 0.2) is 0 Å². The van der Waals surface area contributed by atoms with E-state index >= 15 is 0 Å². The second-order valence-electron chi connectivity index (χ2n) is 3.20. The van der Waals surface area contributed by atoms with E-state index in [1.807, 2.05) is 0 Å². The van der Waals surface area contributed by atoms with Crippen molar-refractivity contribution in [2.75, 3.05) is 46.1 Å². The van der Waals surface area contributed by atoms with E-state index in [1.165, 1.54) is 0 Å². The van der Waals surface area contributed by atoms with Crippen molar-refractivity contribution in [1.29, 1.82) is 0 Å². The summed E-state index contributed by atoms with van der Waals surface area (Å²) in [4.78, 5) is 11.1. The van der Waals surface area contributed by atoms with Crippen LogP contribution >= 0.6 is 34.8 Å². The molecule has 0 aliphatic rings. The predicted octanol–water partition coefficient (Wildman–Crippen LogP) is 0.681. The highest BCUT2D eigenvalue weighted by molar-refractivity contribution is 6.67. The van der Waals surface area contributed by atoms with Gasteiger partial charge in [-0.25, -0.2) is 4.79 Å². The number of carbonyl (C=O) groups excluding carboxylic acids is 1. The lowest BCUT2D eigenvalue weighted by atomic mass is 10.6. The summed E-state index contributed by atoms with van der Waals surface area (Å²) in [6.45, 7) is 2.10. The van der Waals surface area contributed by atoms with Gasteiger partial charge in [-0.2, -0.15) is 0 Å². The number of rotatable bonds is 9. The van der Waals surface area contributed by atoms with Crippen molar-refractivity contribution < 1.29 is 19.4 Å². The van der Waals surface area contributed by atoms with Gasteiger partial charge in [-0.05, 0) is 0 Å². The normalized spacial score (nSPS) is 11.3. The Bertz CT molecular complexity index is 226. The molecule has 0 heterocycles. The van der Waals surface area contributed by atoms with Crippen LogP contribution in [0.2, 0.25) is 0 Å². The maximum Gasteiger partial charge on any atom is 0.407 e. The number of hydrogen-bond acceptors (Lipinski definition) is 5. The Balaban J connectivity index is 3.25. The Morgan fingerprint density at radius 1 is 1.17 bits per heavy atom. The molecule has 0 fully saturated rings. The van der Waals surface area contributed by atoms with Crippen LogP contribution in [0.4, 0.5) is 4.79 Å². The smallest absolute Gasteiger partial charge is 0.407 e. The number of amides is 1. The highest BCUT2D eigenvalue weighted by Gasteiger charge is 2.21. The zero-order chi connectivity index (χ0) is 13.9. The number of alkyl halides is 3. The zero-order valence-corrected chi connectivity index (χ0v) is 12.0. The van der Waals surface area contributed by atoms with Crippen LogP contribution in [-0.4, -0.2) is 61.1 Å². The van der Waals surface area contributed by atoms with Gasteiger partial charge in [0.1, 0.15) is 6.61 Å². The second kappa shape index (κ2) is 10.9. The fraction of sp³-hybridized carbons (Fsp3) is 0.889. The second-order valence-corrected chi connectivity index (χ2v) is 5.72. The van der Waals surface area contributed by atoms with Crippen LogP contribution in [0.5, 0.6) is 0 Å². The summed E-state index contributed by atoms with van der Waals surface area (Å²) in [5.41, 5.74) is 0. The fourth-order valence-corrected chi connectivity index (χ4v) is 1.04. The number of halogens is 3. The monoisotopic (exact) mass is 322 g/mol. The highest BCUT2D eigenvalue weighted by Crippen LogP contribution is 2.25. The van der Waals surface area contributed by atoms with Gasteiger partial charge in [-0.15, -0.1) is 0 Å². The van der Waals surface area contributed by atoms with Gasteiger partial charge in [0, 0.05) is 19.6 Å². The standard InChI is InChI=1S/C9H17Cl3N2O4/c10-9(11,12)7-18-8(16)14-3-6-17-5-2-13-1-4-15/h13,15H,1-7H2,(H,14,16). The van der Waals surface area contributed by atoms with Gasteiger partial charge < -0.3 is 25.2 Å². The Morgan fingerprint density at radius 3 is 2.44 bits per heavy atom. The number of aliphatic hydroxyl groups excluding tert-OH is 1. The van der Waals surface area contributed by atoms with Crippen LogP contribution in [0.3, 0.4) is 0 Å². The van der Waals surface area contributed by atoms with E-state index in [-0.39, 0.29) is 13.2 Å². The number of aliphatic hydroxyl groups is 1. The molecule has 108 valence electrons. The van der Waals surface area contributed by atoms with E-state index in [0.29, 0.717) is 32.8 Å². The third-order valence-corrected chi connectivity index (χ3v) is 1.92. The van der Waals surface area contributed by atoms with E-state index in [1.54, 1.807) is 0 Å². The Morgan fingerprint density at radius 2 is 1.83 bits per heavy atom. The number of ether oxygens (including phenoxy) is 2. The van der Waals surface area contributed by atoms with Gasteiger partial charge >= 0.3 is 6.09 Å². The first-order valence-electron chi connectivity index (χ1n) is 5.32. The lowest BCUT2D eigenvalue weighted by Crippen LogP contribution is -2.31. The van der Waals surface area contributed by atoms with E-state index < -0.39 is 9.89 Å². The van der Waals surface area contributed by atoms with Crippen molar-refractivity contribution in [2.24, 2.45) is 0 Å². The third kappa shape index (κ3) is 14.1. The third-order valence-electron chi connectivity index (χ3n) is 1.59. The lowest BCUT2D eigenvalue weighted by Gasteiger charge is -2.12. The molecule has 0 atom stereocenters. The number of hydrogen-bond donors (Lipinski definition) is 3. The SMILES string of the molecule is O=C(NCCOCCNCCO)OCC(Cl)(Cl)Cl. The van der Waals surface area contributed by atoms with Crippen LogP contribution in [0.15, 0.2) is 0 Å². The Labute approximate surface area is 121 Å². The molecule has 0 aliphatic carbocycles.